The highest BCUT2D eigenvalue weighted by Crippen LogP contribution is 2.25. The molecule has 5 heteroatoms. The van der Waals surface area contributed by atoms with Crippen LogP contribution >= 0.6 is 23.4 Å². The summed E-state index contributed by atoms with van der Waals surface area (Å²) in [6.45, 7) is 0. The van der Waals surface area contributed by atoms with Crippen LogP contribution in [0.3, 0.4) is 0 Å². The number of nitrogens with zero attached hydrogens (tertiary/aromatic N) is 2. The average Bonchev–Trinajstić information content (AvgIpc) is 2.57. The zero-order valence-corrected chi connectivity index (χ0v) is 8.14. The summed E-state index contributed by atoms with van der Waals surface area (Å²) in [6, 6.07) is 3.69. The molecule has 0 unspecified atom stereocenters. The van der Waals surface area contributed by atoms with Crippen molar-refractivity contribution in [3.05, 3.63) is 35.9 Å². The molecule has 0 bridgehead atoms. The molecular weight excluding hydrogens is 218 g/mol. The third kappa shape index (κ3) is 2.75. The smallest absolute Gasteiger partial charge is 0.170 e. The summed E-state index contributed by atoms with van der Waals surface area (Å²) < 4.78 is 0. The van der Waals surface area contributed by atoms with E-state index in [4.69, 9.17) is 11.6 Å². The lowest BCUT2D eigenvalue weighted by Gasteiger charge is -1.96. The van der Waals surface area contributed by atoms with Gasteiger partial charge in [-0.15, -0.1) is 0 Å². The first kappa shape index (κ1) is 11.1. The van der Waals surface area contributed by atoms with Gasteiger partial charge in [-0.2, -0.15) is 0 Å². The highest BCUT2D eigenvalue weighted by Gasteiger charge is 1.99. The molecule has 2 heterocycles. The third-order valence-corrected chi connectivity index (χ3v) is 2.50. The third-order valence-electron chi connectivity index (χ3n) is 1.39. The van der Waals surface area contributed by atoms with Gasteiger partial charge in [-0.1, -0.05) is 30.8 Å². The highest BCUT2D eigenvalue weighted by molar-refractivity contribution is 7.99. The Labute approximate surface area is 91.9 Å². The van der Waals surface area contributed by atoms with Gasteiger partial charge in [0.25, 0.3) is 0 Å². The van der Waals surface area contributed by atoms with Crippen molar-refractivity contribution in [2.45, 2.75) is 17.5 Å². The van der Waals surface area contributed by atoms with Crippen molar-refractivity contribution in [3.8, 4) is 0 Å². The van der Waals surface area contributed by atoms with Crippen LogP contribution in [0.5, 0.6) is 0 Å². The molecule has 2 rings (SSSR count). The minimum Gasteiger partial charge on any atom is -0.339 e. The normalized spacial score (nSPS) is 9.50. The molecule has 2 aromatic rings. The quantitative estimate of drug-likeness (QED) is 0.801. The van der Waals surface area contributed by atoms with Gasteiger partial charge < -0.3 is 4.98 Å². The number of hydrogen-bond donors (Lipinski definition) is 1. The standard InChI is InChI=1S/C8H6ClN3S.CH4/c9-7-5-6(1-2-10-7)13-8-11-3-4-12-8;/h1-5H,(H,11,12);1H4. The van der Waals surface area contributed by atoms with Crippen LogP contribution in [0.15, 0.2) is 40.8 Å². The fourth-order valence-electron chi connectivity index (χ4n) is 0.866. The van der Waals surface area contributed by atoms with Gasteiger partial charge in [-0.05, 0) is 12.1 Å². The predicted molar refractivity (Wildman–Crippen MR) is 58.7 cm³/mol. The molecule has 14 heavy (non-hydrogen) atoms. The van der Waals surface area contributed by atoms with E-state index in [9.17, 15) is 0 Å². The van der Waals surface area contributed by atoms with E-state index in [1.54, 1.807) is 24.7 Å². The van der Waals surface area contributed by atoms with E-state index in [0.29, 0.717) is 5.15 Å². The molecule has 0 fully saturated rings. The van der Waals surface area contributed by atoms with Crippen molar-refractivity contribution in [2.75, 3.05) is 0 Å². The van der Waals surface area contributed by atoms with E-state index in [2.05, 4.69) is 15.0 Å². The second kappa shape index (κ2) is 5.02. The molecule has 0 spiro atoms. The Balaban J connectivity index is 0.000000980. The number of halogens is 1. The maximum absolute atomic E-state index is 5.73. The summed E-state index contributed by atoms with van der Waals surface area (Å²) in [5.74, 6) is 0. The minimum absolute atomic E-state index is 0. The highest BCUT2D eigenvalue weighted by atomic mass is 35.5. The lowest BCUT2D eigenvalue weighted by molar-refractivity contribution is 1.06. The van der Waals surface area contributed by atoms with Crippen LogP contribution in [-0.4, -0.2) is 15.0 Å². The molecule has 1 N–H and O–H groups in total. The summed E-state index contributed by atoms with van der Waals surface area (Å²) in [5, 5.41) is 1.35. The summed E-state index contributed by atoms with van der Waals surface area (Å²) in [7, 11) is 0. The Morgan fingerprint density at radius 1 is 1.29 bits per heavy atom. The molecule has 0 aliphatic heterocycles. The molecule has 0 aliphatic carbocycles. The van der Waals surface area contributed by atoms with Crippen molar-refractivity contribution in [3.63, 3.8) is 0 Å². The number of imidazole rings is 1. The molecule has 0 atom stereocenters. The monoisotopic (exact) mass is 227 g/mol. The van der Waals surface area contributed by atoms with Gasteiger partial charge >= 0.3 is 0 Å². The van der Waals surface area contributed by atoms with Crippen LogP contribution in [0.2, 0.25) is 5.15 Å². The van der Waals surface area contributed by atoms with E-state index < -0.39 is 0 Å². The number of rotatable bonds is 2. The van der Waals surface area contributed by atoms with E-state index in [-0.39, 0.29) is 7.43 Å². The van der Waals surface area contributed by atoms with Gasteiger partial charge in [0.2, 0.25) is 0 Å². The van der Waals surface area contributed by atoms with Crippen LogP contribution in [0.4, 0.5) is 0 Å². The van der Waals surface area contributed by atoms with Crippen LogP contribution in [0.25, 0.3) is 0 Å². The molecule has 0 radical (unpaired) electrons. The van der Waals surface area contributed by atoms with Crippen LogP contribution in [0.1, 0.15) is 7.43 Å². The van der Waals surface area contributed by atoms with E-state index >= 15 is 0 Å². The van der Waals surface area contributed by atoms with Gasteiger partial charge in [0.1, 0.15) is 5.15 Å². The maximum Gasteiger partial charge on any atom is 0.170 e. The van der Waals surface area contributed by atoms with E-state index in [1.165, 1.54) is 11.8 Å². The van der Waals surface area contributed by atoms with Crippen LogP contribution in [-0.2, 0) is 0 Å². The zero-order chi connectivity index (χ0) is 9.10. The molecule has 0 saturated heterocycles. The second-order valence-electron chi connectivity index (χ2n) is 2.31. The number of aromatic amines is 1. The van der Waals surface area contributed by atoms with Crippen molar-refractivity contribution in [1.82, 2.24) is 15.0 Å². The van der Waals surface area contributed by atoms with Crippen molar-refractivity contribution < 1.29 is 0 Å². The fraction of sp³-hybridized carbons (Fsp3) is 0.111. The first-order valence-corrected chi connectivity index (χ1v) is 4.83. The van der Waals surface area contributed by atoms with Gasteiger partial charge in [0.15, 0.2) is 5.16 Å². The number of nitrogens with one attached hydrogen (secondary N) is 1. The molecular formula is C9H10ClN3S. The van der Waals surface area contributed by atoms with E-state index in [1.807, 2.05) is 6.07 Å². The fourth-order valence-corrected chi connectivity index (χ4v) is 1.87. The minimum atomic E-state index is 0. The maximum atomic E-state index is 5.73. The summed E-state index contributed by atoms with van der Waals surface area (Å²) in [6.07, 6.45) is 5.17. The van der Waals surface area contributed by atoms with Gasteiger partial charge in [-0.25, -0.2) is 9.97 Å². The molecule has 3 nitrogen and oxygen atoms in total. The van der Waals surface area contributed by atoms with Gasteiger partial charge in [0, 0.05) is 23.5 Å². The summed E-state index contributed by atoms with van der Waals surface area (Å²) in [5.41, 5.74) is 0. The van der Waals surface area contributed by atoms with E-state index in [0.717, 1.165) is 10.1 Å². The zero-order valence-electron chi connectivity index (χ0n) is 6.57. The molecule has 0 aliphatic rings. The molecule has 2 aromatic heterocycles. The Morgan fingerprint density at radius 2 is 2.14 bits per heavy atom. The number of aromatic nitrogens is 3. The Bertz CT molecular complexity index is 389. The van der Waals surface area contributed by atoms with Crippen LogP contribution < -0.4 is 0 Å². The lowest BCUT2D eigenvalue weighted by Crippen LogP contribution is -1.77. The van der Waals surface area contributed by atoms with Crippen molar-refractivity contribution in [2.24, 2.45) is 0 Å². The predicted octanol–water partition coefficient (Wildman–Crippen LogP) is 3.25. The summed E-state index contributed by atoms with van der Waals surface area (Å²) >= 11 is 7.25. The van der Waals surface area contributed by atoms with Gasteiger partial charge in [-0.3, -0.25) is 0 Å². The molecule has 0 saturated carbocycles. The number of H-pyrrole nitrogens is 1. The Kier molecular flexibility index (Phi) is 3.98. The molecule has 0 aromatic carbocycles. The first-order valence-electron chi connectivity index (χ1n) is 3.63. The Morgan fingerprint density at radius 3 is 2.79 bits per heavy atom. The van der Waals surface area contributed by atoms with Gasteiger partial charge in [0.05, 0.1) is 0 Å². The summed E-state index contributed by atoms with van der Waals surface area (Å²) in [4.78, 5) is 12.0. The largest absolute Gasteiger partial charge is 0.339 e. The lowest BCUT2D eigenvalue weighted by atomic mass is 10.5. The van der Waals surface area contributed by atoms with Crippen molar-refractivity contribution in [1.29, 1.82) is 0 Å². The number of pyridine rings is 1. The molecule has 0 amide bonds. The number of hydrogen-bond acceptors (Lipinski definition) is 3. The first-order chi connectivity index (χ1) is 6.34. The SMILES string of the molecule is C.Clc1cc(Sc2ncc[nH]2)ccn1. The Hall–Kier alpha value is -1.00. The second-order valence-corrected chi connectivity index (χ2v) is 3.76. The van der Waals surface area contributed by atoms with Crippen LogP contribution in [0, 0.1) is 0 Å². The molecule has 74 valence electrons. The average molecular weight is 228 g/mol. The van der Waals surface area contributed by atoms with Crippen molar-refractivity contribution >= 4 is 23.4 Å². The topological polar surface area (TPSA) is 41.6 Å².